The molecule has 0 fully saturated rings. The van der Waals surface area contributed by atoms with Crippen LogP contribution in [0.5, 0.6) is 0 Å². The molecule has 2 rings (SSSR count). The molecule has 1 aromatic heterocycles. The fourth-order valence-electron chi connectivity index (χ4n) is 1.69. The van der Waals surface area contributed by atoms with Crippen molar-refractivity contribution in [1.29, 1.82) is 0 Å². The summed E-state index contributed by atoms with van der Waals surface area (Å²) in [4.78, 5) is 16.7. The molecule has 1 heterocycles. The Balaban J connectivity index is 1.96. The van der Waals surface area contributed by atoms with Crippen LogP contribution in [0.15, 0.2) is 30.5 Å². The van der Waals surface area contributed by atoms with Crippen molar-refractivity contribution in [3.05, 3.63) is 46.5 Å². The molecule has 0 radical (unpaired) electrons. The Morgan fingerprint density at radius 3 is 3.10 bits per heavy atom. The molecule has 5 heteroatoms. The van der Waals surface area contributed by atoms with Crippen LogP contribution in [-0.2, 0) is 11.2 Å². The number of rotatable bonds is 3. The van der Waals surface area contributed by atoms with Gasteiger partial charge >= 0.3 is 0 Å². The van der Waals surface area contributed by atoms with E-state index >= 15 is 0 Å². The van der Waals surface area contributed by atoms with Gasteiger partial charge in [-0.1, -0.05) is 53.0 Å². The molecule has 0 saturated carbocycles. The number of thiazole rings is 1. The summed E-state index contributed by atoms with van der Waals surface area (Å²) in [5.41, 5.74) is 2.10. The third-order valence-electron chi connectivity index (χ3n) is 2.49. The van der Waals surface area contributed by atoms with Gasteiger partial charge in [-0.25, -0.2) is 4.98 Å². The normalized spacial score (nSPS) is 9.70. The van der Waals surface area contributed by atoms with E-state index < -0.39 is 0 Å². The minimum absolute atomic E-state index is 0.105. The molecule has 2 N–H and O–H groups in total. The molecular weight excluding hydrogens is 272 g/mol. The zero-order valence-corrected chi connectivity index (χ0v) is 11.8. The first-order valence-electron chi connectivity index (χ1n) is 6.08. The first-order valence-corrected chi connectivity index (χ1v) is 6.90. The van der Waals surface area contributed by atoms with Crippen molar-refractivity contribution in [2.45, 2.75) is 13.3 Å². The Morgan fingerprint density at radius 1 is 1.50 bits per heavy atom. The molecule has 0 atom stereocenters. The van der Waals surface area contributed by atoms with E-state index in [1.807, 2.05) is 31.2 Å². The lowest BCUT2D eigenvalue weighted by Gasteiger charge is -2.02. The van der Waals surface area contributed by atoms with Crippen molar-refractivity contribution in [2.75, 3.05) is 11.9 Å². The highest BCUT2D eigenvalue weighted by molar-refractivity contribution is 7.16. The van der Waals surface area contributed by atoms with Crippen LogP contribution in [0.2, 0.25) is 0 Å². The van der Waals surface area contributed by atoms with E-state index in [2.05, 4.69) is 22.1 Å². The van der Waals surface area contributed by atoms with Crippen molar-refractivity contribution in [2.24, 2.45) is 0 Å². The number of aromatic nitrogens is 1. The zero-order valence-electron chi connectivity index (χ0n) is 11.0. The molecule has 4 nitrogen and oxygen atoms in total. The van der Waals surface area contributed by atoms with Gasteiger partial charge in [0, 0.05) is 0 Å². The Hall–Kier alpha value is -2.16. The van der Waals surface area contributed by atoms with Crippen LogP contribution in [0.4, 0.5) is 5.13 Å². The third kappa shape index (κ3) is 4.19. The van der Waals surface area contributed by atoms with Crippen LogP contribution in [-0.4, -0.2) is 22.6 Å². The summed E-state index contributed by atoms with van der Waals surface area (Å²) in [5.74, 6) is 5.19. The Labute approximate surface area is 121 Å². The van der Waals surface area contributed by atoms with E-state index in [1.165, 1.54) is 11.3 Å². The fraction of sp³-hybridized carbons (Fsp3) is 0.200. The summed E-state index contributed by atoms with van der Waals surface area (Å²) in [6.07, 6.45) is 1.90. The van der Waals surface area contributed by atoms with Gasteiger partial charge in [0.25, 0.3) is 0 Å². The second kappa shape index (κ2) is 6.85. The SMILES string of the molecule is Cc1cccc(CC(=O)Nc2ncc(C#CCO)s2)c1. The second-order valence-electron chi connectivity index (χ2n) is 4.20. The molecule has 0 bridgehead atoms. The van der Waals surface area contributed by atoms with Crippen LogP contribution < -0.4 is 5.32 Å². The van der Waals surface area contributed by atoms with Crippen molar-refractivity contribution in [3.63, 3.8) is 0 Å². The van der Waals surface area contributed by atoms with Crippen LogP contribution >= 0.6 is 11.3 Å². The first-order chi connectivity index (χ1) is 9.67. The monoisotopic (exact) mass is 286 g/mol. The quantitative estimate of drug-likeness (QED) is 0.848. The van der Waals surface area contributed by atoms with Crippen LogP contribution in [0.25, 0.3) is 0 Å². The van der Waals surface area contributed by atoms with Crippen LogP contribution in [0, 0.1) is 18.8 Å². The van der Waals surface area contributed by atoms with Crippen molar-refractivity contribution in [3.8, 4) is 11.8 Å². The Morgan fingerprint density at radius 2 is 2.35 bits per heavy atom. The van der Waals surface area contributed by atoms with Gasteiger partial charge in [-0.2, -0.15) is 0 Å². The van der Waals surface area contributed by atoms with E-state index in [-0.39, 0.29) is 12.5 Å². The fourth-order valence-corrected chi connectivity index (χ4v) is 2.39. The number of hydrogen-bond donors (Lipinski definition) is 2. The van der Waals surface area contributed by atoms with Gasteiger partial charge in [0.1, 0.15) is 6.61 Å². The molecule has 0 aliphatic heterocycles. The predicted octanol–water partition coefficient (Wildman–Crippen LogP) is 1.98. The number of nitrogens with zero attached hydrogens (tertiary/aromatic N) is 1. The molecule has 1 amide bonds. The number of carbonyl (C=O) groups excluding carboxylic acids is 1. The van der Waals surface area contributed by atoms with E-state index in [0.717, 1.165) is 11.1 Å². The molecule has 0 unspecified atom stereocenters. The summed E-state index contributed by atoms with van der Waals surface area (Å²) in [5, 5.41) is 11.9. The van der Waals surface area contributed by atoms with Gasteiger partial charge in [-0.15, -0.1) is 0 Å². The smallest absolute Gasteiger partial charge is 0.230 e. The van der Waals surface area contributed by atoms with Gasteiger partial charge in [-0.05, 0) is 12.5 Å². The highest BCUT2D eigenvalue weighted by atomic mass is 32.1. The minimum atomic E-state index is -0.188. The number of benzene rings is 1. The molecule has 0 spiro atoms. The van der Waals surface area contributed by atoms with Crippen molar-refractivity contribution < 1.29 is 9.90 Å². The number of aliphatic hydroxyl groups excluding tert-OH is 1. The third-order valence-corrected chi connectivity index (χ3v) is 3.32. The first kappa shape index (κ1) is 14.3. The van der Waals surface area contributed by atoms with Crippen molar-refractivity contribution in [1.82, 2.24) is 4.98 Å². The highest BCUT2D eigenvalue weighted by Crippen LogP contribution is 2.17. The molecule has 2 aromatic rings. The number of amides is 1. The number of hydrogen-bond acceptors (Lipinski definition) is 4. The average Bonchev–Trinajstić information content (AvgIpc) is 2.83. The summed E-state index contributed by atoms with van der Waals surface area (Å²) in [6, 6.07) is 7.84. The van der Waals surface area contributed by atoms with Crippen LogP contribution in [0.1, 0.15) is 16.0 Å². The molecule has 20 heavy (non-hydrogen) atoms. The molecule has 0 saturated heterocycles. The zero-order chi connectivity index (χ0) is 14.4. The maximum atomic E-state index is 11.9. The maximum Gasteiger partial charge on any atom is 0.230 e. The standard InChI is InChI=1S/C15H14N2O2S/c1-11-4-2-5-12(8-11)9-14(19)17-15-16-10-13(20-15)6-3-7-18/h2,4-5,8,10,18H,7,9H2,1H3,(H,16,17,19). The Kier molecular flexibility index (Phi) is 4.88. The number of aliphatic hydroxyl groups is 1. The lowest BCUT2D eigenvalue weighted by molar-refractivity contribution is -0.115. The number of carbonyl (C=O) groups is 1. The molecule has 102 valence electrons. The van der Waals surface area contributed by atoms with E-state index in [0.29, 0.717) is 16.4 Å². The van der Waals surface area contributed by atoms with E-state index in [4.69, 9.17) is 5.11 Å². The molecule has 1 aromatic carbocycles. The molecule has 0 aliphatic rings. The maximum absolute atomic E-state index is 11.9. The second-order valence-corrected chi connectivity index (χ2v) is 5.23. The lowest BCUT2D eigenvalue weighted by Crippen LogP contribution is -2.14. The summed E-state index contributed by atoms with van der Waals surface area (Å²) in [6.45, 7) is 1.81. The van der Waals surface area contributed by atoms with Gasteiger partial charge in [-0.3, -0.25) is 4.79 Å². The van der Waals surface area contributed by atoms with E-state index in [1.54, 1.807) is 6.20 Å². The summed E-state index contributed by atoms with van der Waals surface area (Å²) < 4.78 is 0. The molecular formula is C15H14N2O2S. The van der Waals surface area contributed by atoms with E-state index in [9.17, 15) is 4.79 Å². The largest absolute Gasteiger partial charge is 0.384 e. The van der Waals surface area contributed by atoms with Crippen LogP contribution in [0.3, 0.4) is 0 Å². The summed E-state index contributed by atoms with van der Waals surface area (Å²) in [7, 11) is 0. The average molecular weight is 286 g/mol. The molecule has 0 aliphatic carbocycles. The highest BCUT2D eigenvalue weighted by Gasteiger charge is 2.07. The lowest BCUT2D eigenvalue weighted by atomic mass is 10.1. The number of aryl methyl sites for hydroxylation is 1. The summed E-state index contributed by atoms with van der Waals surface area (Å²) >= 11 is 1.29. The Bertz CT molecular complexity index is 668. The van der Waals surface area contributed by atoms with Crippen molar-refractivity contribution >= 4 is 22.4 Å². The minimum Gasteiger partial charge on any atom is -0.384 e. The number of anilines is 1. The predicted molar refractivity (Wildman–Crippen MR) is 79.6 cm³/mol. The van der Waals surface area contributed by atoms with Gasteiger partial charge in [0.2, 0.25) is 5.91 Å². The van der Waals surface area contributed by atoms with Gasteiger partial charge in [0.05, 0.1) is 17.5 Å². The van der Waals surface area contributed by atoms with Gasteiger partial charge in [0.15, 0.2) is 5.13 Å². The number of nitrogens with one attached hydrogen (secondary N) is 1. The topological polar surface area (TPSA) is 62.2 Å². The van der Waals surface area contributed by atoms with Gasteiger partial charge < -0.3 is 10.4 Å².